The average Bonchev–Trinajstić information content (AvgIpc) is 2.29. The van der Waals surface area contributed by atoms with Crippen LogP contribution in [0.4, 0.5) is 0 Å². The number of likely N-dealkylation sites (tertiary alicyclic amines) is 1. The Labute approximate surface area is 103 Å². The van der Waals surface area contributed by atoms with Crippen LogP contribution in [0.3, 0.4) is 0 Å². The Hall–Kier alpha value is -1.75. The van der Waals surface area contributed by atoms with Crippen molar-refractivity contribution in [3.63, 3.8) is 0 Å². The molecule has 1 aromatic rings. The van der Waals surface area contributed by atoms with Gasteiger partial charge in [0.25, 0.3) is 0 Å². The molecular weight excluding hydrogens is 210 g/mol. The first-order chi connectivity index (χ1) is 8.06. The first-order valence-corrected chi connectivity index (χ1v) is 5.90. The largest absolute Gasteiger partial charge is 0.334 e. The van der Waals surface area contributed by atoms with Crippen LogP contribution in [0.25, 0.3) is 0 Å². The van der Waals surface area contributed by atoms with Crippen molar-refractivity contribution in [3.05, 3.63) is 35.9 Å². The number of amides is 1. The van der Waals surface area contributed by atoms with Crippen LogP contribution in [0.15, 0.2) is 30.3 Å². The van der Waals surface area contributed by atoms with Crippen molar-refractivity contribution in [2.75, 3.05) is 6.54 Å². The van der Waals surface area contributed by atoms with Crippen molar-refractivity contribution >= 4 is 5.91 Å². The molecule has 1 aromatic carbocycles. The van der Waals surface area contributed by atoms with Crippen LogP contribution in [0.1, 0.15) is 31.9 Å². The highest BCUT2D eigenvalue weighted by Gasteiger charge is 2.39. The standard InChI is InChI=1S/C15H17NO/c1-4-15(2,3)14(17)16-11-10-13(16)12-8-6-5-7-9-12/h1,5-9,13H,10-11H2,2-3H3. The summed E-state index contributed by atoms with van der Waals surface area (Å²) in [6.07, 6.45) is 6.43. The fraction of sp³-hybridized carbons (Fsp3) is 0.400. The highest BCUT2D eigenvalue weighted by Crippen LogP contribution is 2.36. The maximum atomic E-state index is 12.2. The summed E-state index contributed by atoms with van der Waals surface area (Å²) in [5, 5.41) is 0. The summed E-state index contributed by atoms with van der Waals surface area (Å²) >= 11 is 0. The summed E-state index contributed by atoms with van der Waals surface area (Å²) in [6, 6.07) is 10.3. The Bertz CT molecular complexity index is 456. The van der Waals surface area contributed by atoms with Gasteiger partial charge in [0.15, 0.2) is 0 Å². The van der Waals surface area contributed by atoms with E-state index in [1.807, 2.05) is 23.1 Å². The molecule has 0 bridgehead atoms. The number of carbonyl (C=O) groups excluding carboxylic acids is 1. The van der Waals surface area contributed by atoms with Crippen LogP contribution >= 0.6 is 0 Å². The molecule has 1 aliphatic heterocycles. The molecule has 1 atom stereocenters. The molecule has 0 spiro atoms. The van der Waals surface area contributed by atoms with E-state index in [0.717, 1.165) is 13.0 Å². The minimum Gasteiger partial charge on any atom is -0.334 e. The lowest BCUT2D eigenvalue weighted by Crippen LogP contribution is -2.50. The maximum absolute atomic E-state index is 12.2. The Morgan fingerprint density at radius 3 is 2.53 bits per heavy atom. The lowest BCUT2D eigenvalue weighted by atomic mass is 9.87. The minimum atomic E-state index is -0.701. The zero-order chi connectivity index (χ0) is 12.5. The van der Waals surface area contributed by atoms with Crippen LogP contribution < -0.4 is 0 Å². The molecule has 1 unspecified atom stereocenters. The van der Waals surface area contributed by atoms with Gasteiger partial charge in [0.05, 0.1) is 6.04 Å². The van der Waals surface area contributed by atoms with Crippen LogP contribution in [-0.2, 0) is 4.79 Å². The molecule has 0 radical (unpaired) electrons. The molecule has 0 N–H and O–H groups in total. The van der Waals surface area contributed by atoms with Crippen molar-refractivity contribution in [3.8, 4) is 12.3 Å². The van der Waals surface area contributed by atoms with Crippen molar-refractivity contribution in [2.45, 2.75) is 26.3 Å². The predicted octanol–water partition coefficient (Wildman–Crippen LogP) is 2.62. The molecule has 0 saturated carbocycles. The van der Waals surface area contributed by atoms with Gasteiger partial charge in [-0.2, -0.15) is 0 Å². The zero-order valence-electron chi connectivity index (χ0n) is 10.3. The molecule has 0 aromatic heterocycles. The summed E-state index contributed by atoms with van der Waals surface area (Å²) in [5.74, 6) is 2.63. The first-order valence-electron chi connectivity index (χ1n) is 5.90. The minimum absolute atomic E-state index is 0.0557. The molecule has 1 saturated heterocycles. The summed E-state index contributed by atoms with van der Waals surface area (Å²) in [4.78, 5) is 14.1. The predicted molar refractivity (Wildman–Crippen MR) is 68.1 cm³/mol. The van der Waals surface area contributed by atoms with E-state index in [1.54, 1.807) is 13.8 Å². The summed E-state index contributed by atoms with van der Waals surface area (Å²) in [6.45, 7) is 4.41. The van der Waals surface area contributed by atoms with Gasteiger partial charge in [-0.05, 0) is 25.8 Å². The van der Waals surface area contributed by atoms with Gasteiger partial charge in [0.1, 0.15) is 5.41 Å². The molecule has 1 amide bonds. The Morgan fingerprint density at radius 1 is 1.41 bits per heavy atom. The molecule has 2 nitrogen and oxygen atoms in total. The number of rotatable bonds is 2. The molecule has 0 aliphatic carbocycles. The van der Waals surface area contributed by atoms with E-state index in [0.29, 0.717) is 0 Å². The van der Waals surface area contributed by atoms with Gasteiger partial charge in [-0.1, -0.05) is 36.3 Å². The second-order valence-corrected chi connectivity index (χ2v) is 4.98. The van der Waals surface area contributed by atoms with E-state index < -0.39 is 5.41 Å². The van der Waals surface area contributed by atoms with E-state index in [9.17, 15) is 4.79 Å². The van der Waals surface area contributed by atoms with Gasteiger partial charge in [-0.3, -0.25) is 4.79 Å². The topological polar surface area (TPSA) is 20.3 Å². The Morgan fingerprint density at radius 2 is 2.06 bits per heavy atom. The second-order valence-electron chi connectivity index (χ2n) is 4.98. The molecule has 17 heavy (non-hydrogen) atoms. The molecule has 1 aliphatic rings. The van der Waals surface area contributed by atoms with Crippen molar-refractivity contribution in [1.29, 1.82) is 0 Å². The molecule has 2 rings (SSSR count). The molecular formula is C15H17NO. The van der Waals surface area contributed by atoms with Crippen LogP contribution in [0.2, 0.25) is 0 Å². The fourth-order valence-corrected chi connectivity index (χ4v) is 2.07. The van der Waals surface area contributed by atoms with E-state index in [1.165, 1.54) is 5.56 Å². The quantitative estimate of drug-likeness (QED) is 0.711. The summed E-state index contributed by atoms with van der Waals surface area (Å²) in [7, 11) is 0. The van der Waals surface area contributed by atoms with Gasteiger partial charge in [-0.25, -0.2) is 0 Å². The van der Waals surface area contributed by atoms with E-state index in [2.05, 4.69) is 18.1 Å². The average molecular weight is 227 g/mol. The summed E-state index contributed by atoms with van der Waals surface area (Å²) < 4.78 is 0. The third kappa shape index (κ3) is 2.06. The number of hydrogen-bond donors (Lipinski definition) is 0. The van der Waals surface area contributed by atoms with Gasteiger partial charge >= 0.3 is 0 Å². The zero-order valence-corrected chi connectivity index (χ0v) is 10.3. The molecule has 1 heterocycles. The third-order valence-electron chi connectivity index (χ3n) is 3.36. The number of nitrogens with zero attached hydrogens (tertiary/aromatic N) is 1. The summed E-state index contributed by atoms with van der Waals surface area (Å²) in [5.41, 5.74) is 0.493. The van der Waals surface area contributed by atoms with Crippen molar-refractivity contribution in [2.24, 2.45) is 5.41 Å². The van der Waals surface area contributed by atoms with Gasteiger partial charge in [0.2, 0.25) is 5.91 Å². The first kappa shape index (κ1) is 11.7. The highest BCUT2D eigenvalue weighted by atomic mass is 16.2. The number of benzene rings is 1. The van der Waals surface area contributed by atoms with Gasteiger partial charge in [0, 0.05) is 6.54 Å². The van der Waals surface area contributed by atoms with Gasteiger partial charge in [-0.15, -0.1) is 6.42 Å². The van der Waals surface area contributed by atoms with Crippen LogP contribution in [0, 0.1) is 17.8 Å². The molecule has 88 valence electrons. The lowest BCUT2D eigenvalue weighted by molar-refractivity contribution is -0.145. The van der Waals surface area contributed by atoms with Crippen molar-refractivity contribution in [1.82, 2.24) is 4.90 Å². The Balaban J connectivity index is 2.16. The van der Waals surface area contributed by atoms with E-state index >= 15 is 0 Å². The van der Waals surface area contributed by atoms with Crippen LogP contribution in [-0.4, -0.2) is 17.4 Å². The number of terminal acetylenes is 1. The normalized spacial score (nSPS) is 19.4. The fourth-order valence-electron chi connectivity index (χ4n) is 2.07. The SMILES string of the molecule is C#CC(C)(C)C(=O)N1CCC1c1ccccc1. The van der Waals surface area contributed by atoms with Crippen LogP contribution in [0.5, 0.6) is 0 Å². The second kappa shape index (κ2) is 4.25. The molecule has 2 heteroatoms. The Kier molecular flexibility index (Phi) is 2.93. The number of hydrogen-bond acceptors (Lipinski definition) is 1. The monoisotopic (exact) mass is 227 g/mol. The van der Waals surface area contributed by atoms with Gasteiger partial charge < -0.3 is 4.90 Å². The molecule has 1 fully saturated rings. The maximum Gasteiger partial charge on any atom is 0.240 e. The highest BCUT2D eigenvalue weighted by molar-refractivity contribution is 5.86. The van der Waals surface area contributed by atoms with E-state index in [4.69, 9.17) is 6.42 Å². The van der Waals surface area contributed by atoms with Crippen molar-refractivity contribution < 1.29 is 4.79 Å². The lowest BCUT2D eigenvalue weighted by Gasteiger charge is -2.44. The third-order valence-corrected chi connectivity index (χ3v) is 3.36. The smallest absolute Gasteiger partial charge is 0.240 e. The van der Waals surface area contributed by atoms with E-state index in [-0.39, 0.29) is 11.9 Å². The number of carbonyl (C=O) groups is 1.